The number of hydrogen-bond acceptors (Lipinski definition) is 5. The van der Waals surface area contributed by atoms with Gasteiger partial charge in [-0.15, -0.1) is 6.58 Å². The molecule has 0 radical (unpaired) electrons. The van der Waals surface area contributed by atoms with Crippen LogP contribution < -0.4 is 0 Å². The Morgan fingerprint density at radius 1 is 1.33 bits per heavy atom. The number of hydrogen-bond donors (Lipinski definition) is 0. The van der Waals surface area contributed by atoms with Crippen molar-refractivity contribution in [1.82, 2.24) is 4.98 Å². The smallest absolute Gasteiger partial charge is 0.367 e. The van der Waals surface area contributed by atoms with Gasteiger partial charge in [-0.3, -0.25) is 14.7 Å². The summed E-state index contributed by atoms with van der Waals surface area (Å²) >= 11 is 0. The molecule has 0 N–H and O–H groups in total. The predicted octanol–water partition coefficient (Wildman–Crippen LogP) is 3.84. The molecule has 0 amide bonds. The van der Waals surface area contributed by atoms with Crippen molar-refractivity contribution in [3.63, 3.8) is 0 Å². The number of esters is 1. The number of carbonyl (C=O) groups excluding carboxylic acids is 2. The molecule has 0 aliphatic carbocycles. The maximum absolute atomic E-state index is 12.2. The second kappa shape index (κ2) is 11.8. The molecule has 24 heavy (non-hydrogen) atoms. The van der Waals surface area contributed by atoms with Gasteiger partial charge in [-0.2, -0.15) is 0 Å². The molecule has 6 heteroatoms. The molecule has 0 spiro atoms. The van der Waals surface area contributed by atoms with E-state index in [9.17, 15) is 14.1 Å². The van der Waals surface area contributed by atoms with Gasteiger partial charge >= 0.3 is 11.9 Å². The summed E-state index contributed by atoms with van der Waals surface area (Å²) in [4.78, 5) is 30.7. The lowest BCUT2D eigenvalue weighted by atomic mass is 9.91. The van der Waals surface area contributed by atoms with Gasteiger partial charge in [0.2, 0.25) is 0 Å². The van der Waals surface area contributed by atoms with Crippen LogP contribution >= 0.6 is 0 Å². The summed E-state index contributed by atoms with van der Waals surface area (Å²) in [7, 11) is 0. The van der Waals surface area contributed by atoms with E-state index in [-0.39, 0.29) is 12.2 Å². The first kappa shape index (κ1) is 21.2. The van der Waals surface area contributed by atoms with Gasteiger partial charge in [0.1, 0.15) is 0 Å². The largest absolute Gasteiger partial charge is 0.465 e. The lowest BCUT2D eigenvalue weighted by molar-refractivity contribution is -0.190. The Morgan fingerprint density at radius 3 is 2.38 bits per heavy atom. The number of carbonyl (C=O) groups is 2. The van der Waals surface area contributed by atoms with Crippen molar-refractivity contribution in [3.05, 3.63) is 61.0 Å². The Bertz CT molecular complexity index is 596. The molecule has 0 aliphatic rings. The lowest BCUT2D eigenvalue weighted by Gasteiger charge is -2.16. The number of rotatable bonds is 6. The third kappa shape index (κ3) is 6.16. The average molecular weight is 335 g/mol. The molecular weight excluding hydrogens is 313 g/mol. The quantitative estimate of drug-likeness (QED) is 0.342. The summed E-state index contributed by atoms with van der Waals surface area (Å²) in [6.07, 6.45) is 4.93. The Morgan fingerprint density at radius 2 is 1.96 bits per heavy atom. The van der Waals surface area contributed by atoms with Crippen LogP contribution in [0.4, 0.5) is 4.53 Å². The third-order valence-electron chi connectivity index (χ3n) is 2.76. The standard InChI is InChI=1S/C15H16FNO4.C3H6/c1-4-11(12-8-6-7-9-17-12)10(3)13(15(19)21-16)14(18)20-5-2;1-3-2/h4,6-9,13H,3,5H2,1-2H3;3H,1H2,2H3/b11-4-;. The zero-order valence-corrected chi connectivity index (χ0v) is 14.1. The Hall–Kier alpha value is -2.76. The van der Waals surface area contributed by atoms with Gasteiger partial charge in [0.15, 0.2) is 5.92 Å². The van der Waals surface area contributed by atoms with Crippen molar-refractivity contribution in [1.29, 1.82) is 0 Å². The minimum absolute atomic E-state index is 0.0525. The van der Waals surface area contributed by atoms with E-state index in [1.54, 1.807) is 50.4 Å². The van der Waals surface area contributed by atoms with Crippen molar-refractivity contribution in [2.45, 2.75) is 20.8 Å². The topological polar surface area (TPSA) is 65.5 Å². The van der Waals surface area contributed by atoms with E-state index in [1.807, 2.05) is 6.92 Å². The van der Waals surface area contributed by atoms with Crippen LogP contribution in [0.2, 0.25) is 0 Å². The van der Waals surface area contributed by atoms with E-state index in [1.165, 1.54) is 0 Å². The molecule has 0 saturated heterocycles. The second-order valence-corrected chi connectivity index (χ2v) is 4.43. The molecule has 1 heterocycles. The average Bonchev–Trinajstić information content (AvgIpc) is 2.57. The second-order valence-electron chi connectivity index (χ2n) is 4.43. The summed E-state index contributed by atoms with van der Waals surface area (Å²) in [6.45, 7) is 12.3. The van der Waals surface area contributed by atoms with Crippen LogP contribution in [-0.4, -0.2) is 23.5 Å². The summed E-state index contributed by atoms with van der Waals surface area (Å²) in [5.41, 5.74) is 1.02. The van der Waals surface area contributed by atoms with E-state index in [4.69, 9.17) is 4.74 Å². The van der Waals surface area contributed by atoms with Gasteiger partial charge in [0.05, 0.1) is 12.3 Å². The molecule has 1 aromatic heterocycles. The molecule has 0 aromatic carbocycles. The SMILES string of the molecule is C=C(/C(=C/C)c1ccccn1)C(C(=O)OF)C(=O)OCC.C=CC. The summed E-state index contributed by atoms with van der Waals surface area (Å²) in [5, 5.41) is 0. The zero-order chi connectivity index (χ0) is 18.5. The van der Waals surface area contributed by atoms with Crippen LogP contribution in [0, 0.1) is 5.92 Å². The summed E-state index contributed by atoms with van der Waals surface area (Å²) < 4.78 is 17.0. The number of allylic oxidation sites excluding steroid dienone is 3. The van der Waals surface area contributed by atoms with Crippen molar-refractivity contribution in [3.8, 4) is 0 Å². The highest BCUT2D eigenvalue weighted by molar-refractivity contribution is 6.02. The highest BCUT2D eigenvalue weighted by atomic mass is 19.3. The molecule has 5 nitrogen and oxygen atoms in total. The number of aromatic nitrogens is 1. The van der Waals surface area contributed by atoms with Crippen LogP contribution in [0.25, 0.3) is 5.57 Å². The molecule has 0 saturated carbocycles. The van der Waals surface area contributed by atoms with Gasteiger partial charge in [0, 0.05) is 10.7 Å². The van der Waals surface area contributed by atoms with Gasteiger partial charge < -0.3 is 4.74 Å². The minimum Gasteiger partial charge on any atom is -0.465 e. The third-order valence-corrected chi connectivity index (χ3v) is 2.76. The first-order chi connectivity index (χ1) is 11.5. The van der Waals surface area contributed by atoms with E-state index >= 15 is 0 Å². The van der Waals surface area contributed by atoms with Crippen molar-refractivity contribution < 1.29 is 23.8 Å². The molecule has 1 aromatic rings. The van der Waals surface area contributed by atoms with Crippen LogP contribution in [-0.2, 0) is 19.3 Å². The van der Waals surface area contributed by atoms with E-state index in [0.717, 1.165) is 0 Å². The van der Waals surface area contributed by atoms with E-state index in [0.29, 0.717) is 11.3 Å². The number of halogens is 1. The first-order valence-electron chi connectivity index (χ1n) is 7.31. The molecule has 1 rings (SSSR count). The molecular formula is C18H22FNO4. The fourth-order valence-corrected chi connectivity index (χ4v) is 1.83. The maximum atomic E-state index is 12.2. The fraction of sp³-hybridized carbons (Fsp3) is 0.278. The van der Waals surface area contributed by atoms with Crippen LogP contribution in [0.1, 0.15) is 26.5 Å². The van der Waals surface area contributed by atoms with Gasteiger partial charge in [0.25, 0.3) is 0 Å². The highest BCUT2D eigenvalue weighted by Crippen LogP contribution is 2.28. The fourth-order valence-electron chi connectivity index (χ4n) is 1.83. The van der Waals surface area contributed by atoms with Gasteiger partial charge in [-0.1, -0.05) is 24.8 Å². The Labute approximate surface area is 141 Å². The lowest BCUT2D eigenvalue weighted by Crippen LogP contribution is -2.28. The minimum atomic E-state index is -1.57. The Kier molecular flexibility index (Phi) is 10.4. The van der Waals surface area contributed by atoms with Crippen LogP contribution in [0.15, 0.2) is 55.3 Å². The van der Waals surface area contributed by atoms with Crippen molar-refractivity contribution in [2.24, 2.45) is 5.92 Å². The predicted molar refractivity (Wildman–Crippen MR) is 90.2 cm³/mol. The van der Waals surface area contributed by atoms with Crippen LogP contribution in [0.3, 0.4) is 0 Å². The van der Waals surface area contributed by atoms with Crippen molar-refractivity contribution in [2.75, 3.05) is 6.61 Å². The van der Waals surface area contributed by atoms with Crippen LogP contribution in [0.5, 0.6) is 0 Å². The first-order valence-corrected chi connectivity index (χ1v) is 7.31. The zero-order valence-electron chi connectivity index (χ0n) is 14.1. The molecule has 0 bridgehead atoms. The highest BCUT2D eigenvalue weighted by Gasteiger charge is 2.35. The van der Waals surface area contributed by atoms with Gasteiger partial charge in [-0.25, -0.2) is 4.79 Å². The van der Waals surface area contributed by atoms with Gasteiger partial charge in [-0.05, 0) is 44.1 Å². The Balaban J connectivity index is 0.00000163. The molecule has 1 unspecified atom stereocenters. The van der Waals surface area contributed by atoms with E-state index in [2.05, 4.69) is 23.1 Å². The molecule has 130 valence electrons. The molecule has 0 aliphatic heterocycles. The number of ether oxygens (including phenoxy) is 1. The molecule has 1 atom stereocenters. The maximum Gasteiger partial charge on any atom is 0.367 e. The summed E-state index contributed by atoms with van der Waals surface area (Å²) in [6, 6.07) is 5.15. The van der Waals surface area contributed by atoms with Crippen molar-refractivity contribution >= 4 is 17.5 Å². The van der Waals surface area contributed by atoms with E-state index < -0.39 is 17.9 Å². The number of pyridine rings is 1. The normalized spacial score (nSPS) is 11.4. The number of nitrogens with zero attached hydrogens (tertiary/aromatic N) is 1. The summed E-state index contributed by atoms with van der Waals surface area (Å²) in [5.74, 6) is -3.85. The monoisotopic (exact) mass is 335 g/mol. The molecule has 0 fully saturated rings.